The standard InChI is InChI=1S/C17H24N4S/c1-11(2)21-8-6-5-7-15(21)16-19-12(3)9-14(20-16)17-18-10-13(4)22-17/h9-11,15H,5-8H2,1-4H3. The molecule has 0 spiro atoms. The van der Waals surface area contributed by atoms with E-state index >= 15 is 0 Å². The largest absolute Gasteiger partial charge is 0.291 e. The van der Waals surface area contributed by atoms with Gasteiger partial charge in [-0.15, -0.1) is 11.3 Å². The Balaban J connectivity index is 1.98. The minimum absolute atomic E-state index is 0.341. The molecule has 3 rings (SSSR count). The molecule has 0 N–H and O–H groups in total. The fourth-order valence-corrected chi connectivity index (χ4v) is 3.90. The first-order valence-corrected chi connectivity index (χ1v) is 8.90. The van der Waals surface area contributed by atoms with Gasteiger partial charge in [0.2, 0.25) is 0 Å². The number of hydrogen-bond donors (Lipinski definition) is 0. The van der Waals surface area contributed by atoms with Gasteiger partial charge in [0.05, 0.1) is 6.04 Å². The number of piperidine rings is 1. The van der Waals surface area contributed by atoms with Gasteiger partial charge in [0.1, 0.15) is 16.5 Å². The first-order valence-electron chi connectivity index (χ1n) is 8.08. The average Bonchev–Trinajstić information content (AvgIpc) is 2.93. The van der Waals surface area contributed by atoms with Crippen LogP contribution in [0.4, 0.5) is 0 Å². The normalized spacial score (nSPS) is 19.8. The Morgan fingerprint density at radius 1 is 1.23 bits per heavy atom. The molecule has 2 aromatic heterocycles. The molecule has 1 fully saturated rings. The van der Waals surface area contributed by atoms with E-state index in [1.807, 2.05) is 12.3 Å². The van der Waals surface area contributed by atoms with E-state index in [2.05, 4.69) is 37.6 Å². The van der Waals surface area contributed by atoms with E-state index in [1.54, 1.807) is 11.3 Å². The molecule has 1 aliphatic heterocycles. The van der Waals surface area contributed by atoms with Crippen molar-refractivity contribution in [3.05, 3.63) is 28.7 Å². The Kier molecular flexibility index (Phi) is 4.54. The van der Waals surface area contributed by atoms with E-state index in [4.69, 9.17) is 9.97 Å². The van der Waals surface area contributed by atoms with E-state index < -0.39 is 0 Å². The number of thiazole rings is 1. The van der Waals surface area contributed by atoms with Crippen molar-refractivity contribution in [2.45, 2.75) is 59.0 Å². The molecule has 0 aromatic carbocycles. The van der Waals surface area contributed by atoms with Crippen LogP contribution in [0.5, 0.6) is 0 Å². The van der Waals surface area contributed by atoms with Crippen LogP contribution in [0.25, 0.3) is 10.7 Å². The molecule has 1 aliphatic rings. The predicted octanol–water partition coefficient (Wildman–Crippen LogP) is 4.15. The van der Waals surface area contributed by atoms with Gasteiger partial charge in [0.25, 0.3) is 0 Å². The second-order valence-electron chi connectivity index (χ2n) is 6.37. The van der Waals surface area contributed by atoms with E-state index in [-0.39, 0.29) is 0 Å². The van der Waals surface area contributed by atoms with Gasteiger partial charge in [-0.3, -0.25) is 4.90 Å². The summed E-state index contributed by atoms with van der Waals surface area (Å²) < 4.78 is 0. The molecule has 1 saturated heterocycles. The van der Waals surface area contributed by atoms with E-state index in [0.29, 0.717) is 12.1 Å². The van der Waals surface area contributed by atoms with Crippen LogP contribution in [0.2, 0.25) is 0 Å². The maximum absolute atomic E-state index is 4.87. The van der Waals surface area contributed by atoms with Crippen LogP contribution in [0.1, 0.15) is 55.5 Å². The molecular formula is C17H24N4S. The number of hydrogen-bond acceptors (Lipinski definition) is 5. The Hall–Kier alpha value is -1.33. The molecule has 0 radical (unpaired) electrons. The number of aryl methyl sites for hydroxylation is 2. The maximum atomic E-state index is 4.87. The third-order valence-corrected chi connectivity index (χ3v) is 5.15. The van der Waals surface area contributed by atoms with Crippen LogP contribution in [0.3, 0.4) is 0 Å². The van der Waals surface area contributed by atoms with Gasteiger partial charge in [-0.25, -0.2) is 15.0 Å². The van der Waals surface area contributed by atoms with Crippen LogP contribution in [-0.4, -0.2) is 32.4 Å². The van der Waals surface area contributed by atoms with Crippen molar-refractivity contribution in [2.75, 3.05) is 6.54 Å². The summed E-state index contributed by atoms with van der Waals surface area (Å²) >= 11 is 1.70. The zero-order chi connectivity index (χ0) is 15.7. The van der Waals surface area contributed by atoms with Crippen molar-refractivity contribution in [1.82, 2.24) is 19.9 Å². The first-order chi connectivity index (χ1) is 10.5. The number of nitrogens with zero attached hydrogens (tertiary/aromatic N) is 4. The van der Waals surface area contributed by atoms with Gasteiger partial charge in [-0.2, -0.15) is 0 Å². The smallest absolute Gasteiger partial charge is 0.146 e. The van der Waals surface area contributed by atoms with Crippen molar-refractivity contribution < 1.29 is 0 Å². The Morgan fingerprint density at radius 2 is 2.05 bits per heavy atom. The van der Waals surface area contributed by atoms with Gasteiger partial charge >= 0.3 is 0 Å². The maximum Gasteiger partial charge on any atom is 0.146 e. The van der Waals surface area contributed by atoms with E-state index in [9.17, 15) is 0 Å². The molecule has 2 aromatic rings. The van der Waals surface area contributed by atoms with Gasteiger partial charge in [-0.1, -0.05) is 6.42 Å². The molecule has 0 amide bonds. The van der Waals surface area contributed by atoms with Gasteiger partial charge in [0, 0.05) is 22.8 Å². The zero-order valence-corrected chi connectivity index (χ0v) is 14.7. The molecule has 118 valence electrons. The second kappa shape index (κ2) is 6.42. The summed E-state index contributed by atoms with van der Waals surface area (Å²) in [5, 5.41) is 0.996. The number of rotatable bonds is 3. The topological polar surface area (TPSA) is 41.9 Å². The lowest BCUT2D eigenvalue weighted by Crippen LogP contribution is -2.39. The highest BCUT2D eigenvalue weighted by molar-refractivity contribution is 7.14. The molecule has 0 bridgehead atoms. The fourth-order valence-electron chi connectivity index (χ4n) is 3.17. The fraction of sp³-hybridized carbons (Fsp3) is 0.588. The molecule has 3 heterocycles. The summed E-state index contributed by atoms with van der Waals surface area (Å²) in [5.74, 6) is 0.969. The van der Waals surface area contributed by atoms with Crippen molar-refractivity contribution in [1.29, 1.82) is 0 Å². The zero-order valence-electron chi connectivity index (χ0n) is 13.8. The molecule has 4 nitrogen and oxygen atoms in total. The second-order valence-corrected chi connectivity index (χ2v) is 7.61. The third kappa shape index (κ3) is 3.20. The van der Waals surface area contributed by atoms with Crippen molar-refractivity contribution in [3.63, 3.8) is 0 Å². The van der Waals surface area contributed by atoms with Crippen LogP contribution in [0.15, 0.2) is 12.3 Å². The summed E-state index contributed by atoms with van der Waals surface area (Å²) in [6, 6.07) is 2.91. The predicted molar refractivity (Wildman–Crippen MR) is 91.0 cm³/mol. The number of likely N-dealkylation sites (tertiary alicyclic amines) is 1. The molecule has 22 heavy (non-hydrogen) atoms. The average molecular weight is 316 g/mol. The molecule has 0 aliphatic carbocycles. The van der Waals surface area contributed by atoms with Crippen LogP contribution in [-0.2, 0) is 0 Å². The van der Waals surface area contributed by atoms with Gasteiger partial charge < -0.3 is 0 Å². The third-order valence-electron chi connectivity index (χ3n) is 4.22. The lowest BCUT2D eigenvalue weighted by Gasteiger charge is -2.37. The van der Waals surface area contributed by atoms with Crippen LogP contribution >= 0.6 is 11.3 Å². The quantitative estimate of drug-likeness (QED) is 0.853. The monoisotopic (exact) mass is 316 g/mol. The van der Waals surface area contributed by atoms with Crippen LogP contribution in [0, 0.1) is 13.8 Å². The SMILES string of the molecule is Cc1cc(-c2ncc(C)s2)nc(C2CCCCN2C(C)C)n1. The molecule has 0 saturated carbocycles. The molecule has 1 atom stereocenters. The highest BCUT2D eigenvalue weighted by Gasteiger charge is 2.28. The molecular weight excluding hydrogens is 292 g/mol. The van der Waals surface area contributed by atoms with Crippen molar-refractivity contribution in [3.8, 4) is 10.7 Å². The molecule has 5 heteroatoms. The Morgan fingerprint density at radius 3 is 2.73 bits per heavy atom. The summed E-state index contributed by atoms with van der Waals surface area (Å²) in [5.41, 5.74) is 2.00. The van der Waals surface area contributed by atoms with Gasteiger partial charge in [-0.05, 0) is 53.1 Å². The Bertz CT molecular complexity index is 650. The van der Waals surface area contributed by atoms with Crippen molar-refractivity contribution in [2.24, 2.45) is 0 Å². The van der Waals surface area contributed by atoms with E-state index in [1.165, 1.54) is 17.7 Å². The summed E-state index contributed by atoms with van der Waals surface area (Å²) in [6.45, 7) is 9.80. The highest BCUT2D eigenvalue weighted by Crippen LogP contribution is 2.32. The van der Waals surface area contributed by atoms with Crippen LogP contribution < -0.4 is 0 Å². The minimum atomic E-state index is 0.341. The highest BCUT2D eigenvalue weighted by atomic mass is 32.1. The van der Waals surface area contributed by atoms with Crippen molar-refractivity contribution >= 4 is 11.3 Å². The van der Waals surface area contributed by atoms with E-state index in [0.717, 1.165) is 35.2 Å². The van der Waals surface area contributed by atoms with Gasteiger partial charge in [0.15, 0.2) is 0 Å². The summed E-state index contributed by atoms with van der Waals surface area (Å²) in [7, 11) is 0. The summed E-state index contributed by atoms with van der Waals surface area (Å²) in [6.07, 6.45) is 5.60. The molecule has 1 unspecified atom stereocenters. The lowest BCUT2D eigenvalue weighted by molar-refractivity contribution is 0.106. The minimum Gasteiger partial charge on any atom is -0.291 e. The summed E-state index contributed by atoms with van der Waals surface area (Å²) in [4.78, 5) is 17.9. The Labute approximate surface area is 136 Å². The number of aromatic nitrogens is 3. The lowest BCUT2D eigenvalue weighted by atomic mass is 9.99. The first kappa shape index (κ1) is 15.6.